The minimum absolute atomic E-state index is 0.0336. The van der Waals surface area contributed by atoms with Crippen molar-refractivity contribution >= 4 is 64.8 Å². The van der Waals surface area contributed by atoms with Gasteiger partial charge in [0.2, 0.25) is 0 Å². The van der Waals surface area contributed by atoms with Crippen LogP contribution in [0.2, 0.25) is 0 Å². The first-order valence-electron chi connectivity index (χ1n) is 19.5. The van der Waals surface area contributed by atoms with Crippen LogP contribution >= 0.6 is 11.3 Å². The maximum Gasteiger partial charge on any atom is 0.137 e. The van der Waals surface area contributed by atoms with Crippen LogP contribution in [0.5, 0.6) is 0 Å². The molecule has 270 valence electrons. The first-order valence-corrected chi connectivity index (χ1v) is 20.3. The standard InChI is InChI=1S/C53H37N3S/c1-55-49(34-46(36-18-7-3-8-19-36)54-53(55)39-21-13-20-37(32-39)35-16-5-2-6-17-35)43-26-14-27-44-51-41(25-15-29-50(51)57-52(43)44)38-30-31-48-45(33-38)42-24-11-12-28-47(42)56(48)40-22-9-4-10-23-40/h2-34,49H,1H3. The van der Waals surface area contributed by atoms with E-state index in [9.17, 15) is 0 Å². The molecule has 0 spiro atoms. The van der Waals surface area contributed by atoms with Crippen molar-refractivity contribution in [3.8, 4) is 27.9 Å². The summed E-state index contributed by atoms with van der Waals surface area (Å²) in [5.41, 5.74) is 12.9. The largest absolute Gasteiger partial charge is 0.348 e. The van der Waals surface area contributed by atoms with Crippen LogP contribution in [0.1, 0.15) is 22.7 Å². The first kappa shape index (κ1) is 33.3. The van der Waals surface area contributed by atoms with Crippen LogP contribution in [-0.2, 0) is 0 Å². The highest BCUT2D eigenvalue weighted by Crippen LogP contribution is 2.46. The predicted octanol–water partition coefficient (Wildman–Crippen LogP) is 14.0. The SMILES string of the molecule is CN1C(c2cccc(-c3ccccc3)c2)=NC(c2ccccc2)=CC1c1cccc2c1sc1cccc(-c3ccc4c(c3)c3ccccc3n4-c3ccccc3)c12. The molecule has 1 unspecified atom stereocenters. The Morgan fingerprint density at radius 2 is 1.14 bits per heavy atom. The number of rotatable bonds is 6. The number of likely N-dealkylation sites (N-methyl/N-ethyl adjacent to an activating group) is 1. The lowest BCUT2D eigenvalue weighted by molar-refractivity contribution is 0.437. The molecule has 2 aromatic heterocycles. The first-order chi connectivity index (χ1) is 28.2. The molecule has 0 N–H and O–H groups in total. The van der Waals surface area contributed by atoms with Gasteiger partial charge < -0.3 is 9.47 Å². The molecule has 0 saturated carbocycles. The number of hydrogen-bond donors (Lipinski definition) is 0. The monoisotopic (exact) mass is 747 g/mol. The fourth-order valence-electron chi connectivity index (χ4n) is 8.77. The minimum atomic E-state index is -0.0336. The Morgan fingerprint density at radius 3 is 1.96 bits per heavy atom. The van der Waals surface area contributed by atoms with Crippen LogP contribution in [0.15, 0.2) is 205 Å². The maximum atomic E-state index is 5.36. The average Bonchev–Trinajstić information content (AvgIpc) is 3.83. The summed E-state index contributed by atoms with van der Waals surface area (Å²) in [6.07, 6.45) is 2.34. The highest BCUT2D eigenvalue weighted by Gasteiger charge is 2.28. The number of aliphatic imine (C=N–C) groups is 1. The van der Waals surface area contributed by atoms with Crippen molar-refractivity contribution in [3.63, 3.8) is 0 Å². The Kier molecular flexibility index (Phi) is 7.97. The number of nitrogens with zero attached hydrogens (tertiary/aromatic N) is 3. The molecule has 0 aliphatic carbocycles. The van der Waals surface area contributed by atoms with Gasteiger partial charge in [0.1, 0.15) is 5.84 Å². The fraction of sp³-hybridized carbons (Fsp3) is 0.0377. The molecular formula is C53H37N3S. The van der Waals surface area contributed by atoms with E-state index in [4.69, 9.17) is 4.99 Å². The van der Waals surface area contributed by atoms with Gasteiger partial charge in [-0.1, -0.05) is 152 Å². The second-order valence-corrected chi connectivity index (χ2v) is 15.8. The molecule has 4 heteroatoms. The Balaban J connectivity index is 1.06. The molecule has 0 radical (unpaired) electrons. The van der Waals surface area contributed by atoms with E-state index >= 15 is 0 Å². The number of fused-ring (bicyclic) bond motifs is 6. The molecule has 1 atom stereocenters. The van der Waals surface area contributed by atoms with E-state index in [1.165, 1.54) is 75.5 Å². The van der Waals surface area contributed by atoms with E-state index in [0.29, 0.717) is 0 Å². The predicted molar refractivity (Wildman–Crippen MR) is 242 cm³/mol. The van der Waals surface area contributed by atoms with Crippen LogP contribution in [0.4, 0.5) is 0 Å². The Bertz CT molecular complexity index is 3190. The summed E-state index contributed by atoms with van der Waals surface area (Å²) in [5.74, 6) is 0.959. The fourth-order valence-corrected chi connectivity index (χ4v) is 10.0. The van der Waals surface area contributed by atoms with Crippen LogP contribution in [-0.4, -0.2) is 22.4 Å². The van der Waals surface area contributed by atoms with E-state index in [0.717, 1.165) is 22.7 Å². The summed E-state index contributed by atoms with van der Waals surface area (Å²) in [5, 5.41) is 5.11. The lowest BCUT2D eigenvalue weighted by Gasteiger charge is -2.34. The van der Waals surface area contributed by atoms with Crippen LogP contribution < -0.4 is 0 Å². The van der Waals surface area contributed by atoms with E-state index in [1.54, 1.807) is 0 Å². The highest BCUT2D eigenvalue weighted by molar-refractivity contribution is 7.26. The van der Waals surface area contributed by atoms with Crippen molar-refractivity contribution in [1.29, 1.82) is 0 Å². The van der Waals surface area contributed by atoms with Gasteiger partial charge in [-0.2, -0.15) is 0 Å². The van der Waals surface area contributed by atoms with Crippen molar-refractivity contribution < 1.29 is 0 Å². The molecule has 1 aliphatic heterocycles. The van der Waals surface area contributed by atoms with Crippen molar-refractivity contribution in [2.45, 2.75) is 6.04 Å². The molecule has 3 nitrogen and oxygen atoms in total. The second kappa shape index (κ2) is 13.6. The van der Waals surface area contributed by atoms with Gasteiger partial charge in [0.05, 0.1) is 22.8 Å². The smallest absolute Gasteiger partial charge is 0.137 e. The molecule has 57 heavy (non-hydrogen) atoms. The Hall–Kier alpha value is -7.01. The second-order valence-electron chi connectivity index (χ2n) is 14.8. The van der Waals surface area contributed by atoms with Gasteiger partial charge >= 0.3 is 0 Å². The Morgan fingerprint density at radius 1 is 0.491 bits per heavy atom. The number of para-hydroxylation sites is 2. The number of benzene rings is 8. The van der Waals surface area contributed by atoms with Gasteiger partial charge in [-0.3, -0.25) is 0 Å². The van der Waals surface area contributed by atoms with Crippen molar-refractivity contribution in [1.82, 2.24) is 9.47 Å². The molecule has 8 aromatic carbocycles. The lowest BCUT2D eigenvalue weighted by atomic mass is 9.94. The van der Waals surface area contributed by atoms with Crippen molar-refractivity contribution in [3.05, 3.63) is 217 Å². The number of aromatic nitrogens is 1. The topological polar surface area (TPSA) is 20.5 Å². The van der Waals surface area contributed by atoms with Crippen LogP contribution in [0.25, 0.3) is 75.6 Å². The lowest BCUT2D eigenvalue weighted by Crippen LogP contribution is -2.33. The van der Waals surface area contributed by atoms with Crippen molar-refractivity contribution in [2.24, 2.45) is 4.99 Å². The molecule has 3 heterocycles. The van der Waals surface area contributed by atoms with Crippen LogP contribution in [0.3, 0.4) is 0 Å². The zero-order chi connectivity index (χ0) is 37.9. The highest BCUT2D eigenvalue weighted by atomic mass is 32.1. The van der Waals surface area contributed by atoms with Crippen molar-refractivity contribution in [2.75, 3.05) is 7.05 Å². The molecule has 0 fully saturated rings. The molecule has 10 aromatic rings. The molecule has 0 saturated heterocycles. The molecule has 0 bridgehead atoms. The zero-order valence-electron chi connectivity index (χ0n) is 31.4. The number of hydrogen-bond acceptors (Lipinski definition) is 3. The van der Waals surface area contributed by atoms with Gasteiger partial charge in [-0.15, -0.1) is 11.3 Å². The maximum absolute atomic E-state index is 5.36. The third-order valence-electron chi connectivity index (χ3n) is 11.5. The molecule has 1 aliphatic rings. The van der Waals surface area contributed by atoms with E-state index in [2.05, 4.69) is 217 Å². The molecule has 11 rings (SSSR count). The number of thiophene rings is 1. The third-order valence-corrected chi connectivity index (χ3v) is 12.7. The zero-order valence-corrected chi connectivity index (χ0v) is 32.2. The third kappa shape index (κ3) is 5.60. The molecular weight excluding hydrogens is 711 g/mol. The number of amidine groups is 1. The average molecular weight is 748 g/mol. The van der Waals surface area contributed by atoms with Gasteiger partial charge in [-0.25, -0.2) is 4.99 Å². The van der Waals surface area contributed by atoms with Gasteiger partial charge in [0, 0.05) is 49.2 Å². The summed E-state index contributed by atoms with van der Waals surface area (Å²) < 4.78 is 4.98. The summed E-state index contributed by atoms with van der Waals surface area (Å²) >= 11 is 1.89. The van der Waals surface area contributed by atoms with Crippen LogP contribution in [0, 0.1) is 0 Å². The normalized spacial score (nSPS) is 14.4. The van der Waals surface area contributed by atoms with E-state index < -0.39 is 0 Å². The van der Waals surface area contributed by atoms with Gasteiger partial charge in [0.15, 0.2) is 0 Å². The van der Waals surface area contributed by atoms with E-state index in [-0.39, 0.29) is 6.04 Å². The van der Waals surface area contributed by atoms with E-state index in [1.807, 2.05) is 11.3 Å². The molecule has 0 amide bonds. The minimum Gasteiger partial charge on any atom is -0.348 e. The van der Waals surface area contributed by atoms with Gasteiger partial charge in [-0.05, 0) is 81.9 Å². The summed E-state index contributed by atoms with van der Waals surface area (Å²) in [6, 6.07) is 70.0. The quantitative estimate of drug-likeness (QED) is 0.166. The Labute approximate surface area is 335 Å². The van der Waals surface area contributed by atoms with Gasteiger partial charge in [0.25, 0.3) is 0 Å². The summed E-state index contributed by atoms with van der Waals surface area (Å²) in [4.78, 5) is 7.72. The summed E-state index contributed by atoms with van der Waals surface area (Å²) in [7, 11) is 2.19. The summed E-state index contributed by atoms with van der Waals surface area (Å²) in [6.45, 7) is 0.